The molecule has 0 aliphatic carbocycles. The van der Waals surface area contributed by atoms with E-state index in [2.05, 4.69) is 5.92 Å². The SMILES string of the molecule is C#CCCC(=O)N1CCC(C(=O)OCC)CC1. The minimum absolute atomic E-state index is 0.0494. The van der Waals surface area contributed by atoms with Gasteiger partial charge in [0.25, 0.3) is 0 Å². The van der Waals surface area contributed by atoms with Gasteiger partial charge in [-0.25, -0.2) is 0 Å². The second-order valence-corrected chi connectivity index (χ2v) is 4.11. The minimum atomic E-state index is -0.136. The van der Waals surface area contributed by atoms with Gasteiger partial charge in [-0.05, 0) is 19.8 Å². The van der Waals surface area contributed by atoms with Crippen LogP contribution in [0.2, 0.25) is 0 Å². The van der Waals surface area contributed by atoms with E-state index in [9.17, 15) is 9.59 Å². The molecule has 0 atom stereocenters. The van der Waals surface area contributed by atoms with Gasteiger partial charge in [-0.15, -0.1) is 12.3 Å². The number of carbonyl (C=O) groups is 2. The molecule has 0 radical (unpaired) electrons. The molecule has 1 rings (SSSR count). The van der Waals surface area contributed by atoms with Crippen LogP contribution in [-0.4, -0.2) is 36.5 Å². The summed E-state index contributed by atoms with van der Waals surface area (Å²) < 4.78 is 4.97. The Morgan fingerprint density at radius 1 is 1.41 bits per heavy atom. The average molecular weight is 237 g/mol. The van der Waals surface area contributed by atoms with Crippen LogP contribution in [0.1, 0.15) is 32.6 Å². The predicted molar refractivity (Wildman–Crippen MR) is 64.0 cm³/mol. The zero-order chi connectivity index (χ0) is 12.7. The van der Waals surface area contributed by atoms with E-state index in [-0.39, 0.29) is 17.8 Å². The summed E-state index contributed by atoms with van der Waals surface area (Å²) in [5.74, 6) is 2.36. The van der Waals surface area contributed by atoms with Crippen molar-refractivity contribution in [2.24, 2.45) is 5.92 Å². The number of rotatable bonds is 4. The Morgan fingerprint density at radius 2 is 2.06 bits per heavy atom. The molecule has 1 aliphatic rings. The van der Waals surface area contributed by atoms with E-state index in [1.807, 2.05) is 0 Å². The first-order valence-electron chi connectivity index (χ1n) is 6.07. The lowest BCUT2D eigenvalue weighted by Gasteiger charge is -2.30. The van der Waals surface area contributed by atoms with Crippen LogP contribution >= 0.6 is 0 Å². The summed E-state index contributed by atoms with van der Waals surface area (Å²) in [6, 6.07) is 0. The third-order valence-corrected chi connectivity index (χ3v) is 2.95. The number of amides is 1. The summed E-state index contributed by atoms with van der Waals surface area (Å²) in [5, 5.41) is 0. The molecule has 0 aromatic rings. The van der Waals surface area contributed by atoms with Crippen LogP contribution in [0, 0.1) is 18.3 Å². The summed E-state index contributed by atoms with van der Waals surface area (Å²) in [7, 11) is 0. The van der Waals surface area contributed by atoms with Crippen LogP contribution in [0.4, 0.5) is 0 Å². The first-order valence-corrected chi connectivity index (χ1v) is 6.07. The van der Waals surface area contributed by atoms with Crippen LogP contribution in [0.3, 0.4) is 0 Å². The highest BCUT2D eigenvalue weighted by Gasteiger charge is 2.27. The van der Waals surface area contributed by atoms with Crippen molar-refractivity contribution in [3.8, 4) is 12.3 Å². The Bertz CT molecular complexity index is 311. The highest BCUT2D eigenvalue weighted by Crippen LogP contribution is 2.19. The van der Waals surface area contributed by atoms with Crippen LogP contribution < -0.4 is 0 Å². The lowest BCUT2D eigenvalue weighted by atomic mass is 9.97. The maximum Gasteiger partial charge on any atom is 0.309 e. The van der Waals surface area contributed by atoms with E-state index in [1.54, 1.807) is 11.8 Å². The topological polar surface area (TPSA) is 46.6 Å². The number of hydrogen-bond acceptors (Lipinski definition) is 3. The number of esters is 1. The van der Waals surface area contributed by atoms with E-state index in [1.165, 1.54) is 0 Å². The van der Waals surface area contributed by atoms with E-state index in [0.717, 1.165) is 0 Å². The largest absolute Gasteiger partial charge is 0.466 e. The first kappa shape index (κ1) is 13.6. The quantitative estimate of drug-likeness (QED) is 0.545. The van der Waals surface area contributed by atoms with E-state index in [0.29, 0.717) is 45.4 Å². The second kappa shape index (κ2) is 6.95. The van der Waals surface area contributed by atoms with Gasteiger partial charge in [0.05, 0.1) is 12.5 Å². The van der Waals surface area contributed by atoms with Gasteiger partial charge in [0, 0.05) is 25.9 Å². The third kappa shape index (κ3) is 4.10. The highest BCUT2D eigenvalue weighted by molar-refractivity contribution is 5.77. The van der Waals surface area contributed by atoms with Gasteiger partial charge in [0.15, 0.2) is 0 Å². The Labute approximate surface area is 102 Å². The molecule has 1 amide bonds. The standard InChI is InChI=1S/C13H19NO3/c1-3-5-6-12(15)14-9-7-11(8-10-14)13(16)17-4-2/h1,11H,4-10H2,2H3. The van der Waals surface area contributed by atoms with Crippen LogP contribution in [0.25, 0.3) is 0 Å². The molecule has 0 aromatic heterocycles. The summed E-state index contributed by atoms with van der Waals surface area (Å²) >= 11 is 0. The Morgan fingerprint density at radius 3 is 2.59 bits per heavy atom. The van der Waals surface area contributed by atoms with Gasteiger partial charge in [-0.3, -0.25) is 9.59 Å². The van der Waals surface area contributed by atoms with Crippen molar-refractivity contribution in [3.05, 3.63) is 0 Å². The molecule has 1 fully saturated rings. The number of terminal acetylenes is 1. The summed E-state index contributed by atoms with van der Waals surface area (Å²) in [5.41, 5.74) is 0. The molecular weight excluding hydrogens is 218 g/mol. The molecule has 1 saturated heterocycles. The van der Waals surface area contributed by atoms with Gasteiger partial charge >= 0.3 is 5.97 Å². The fourth-order valence-electron chi connectivity index (χ4n) is 1.96. The highest BCUT2D eigenvalue weighted by atomic mass is 16.5. The van der Waals surface area contributed by atoms with Crippen molar-refractivity contribution in [1.29, 1.82) is 0 Å². The number of piperidine rings is 1. The molecule has 1 aliphatic heterocycles. The Balaban J connectivity index is 2.33. The minimum Gasteiger partial charge on any atom is -0.466 e. The van der Waals surface area contributed by atoms with Crippen molar-refractivity contribution < 1.29 is 14.3 Å². The zero-order valence-corrected chi connectivity index (χ0v) is 10.3. The molecule has 0 N–H and O–H groups in total. The van der Waals surface area contributed by atoms with E-state index < -0.39 is 0 Å². The third-order valence-electron chi connectivity index (χ3n) is 2.95. The number of ether oxygens (including phenoxy) is 1. The fraction of sp³-hybridized carbons (Fsp3) is 0.692. The first-order chi connectivity index (χ1) is 8.19. The van der Waals surface area contributed by atoms with Crippen molar-refractivity contribution in [2.75, 3.05) is 19.7 Å². The Hall–Kier alpha value is -1.50. The van der Waals surface area contributed by atoms with Crippen molar-refractivity contribution in [1.82, 2.24) is 4.90 Å². The molecule has 0 saturated carbocycles. The molecule has 4 nitrogen and oxygen atoms in total. The monoisotopic (exact) mass is 237 g/mol. The van der Waals surface area contributed by atoms with Gasteiger partial charge in [-0.1, -0.05) is 0 Å². The lowest BCUT2D eigenvalue weighted by molar-refractivity contribution is -0.151. The van der Waals surface area contributed by atoms with Gasteiger partial charge in [0.2, 0.25) is 5.91 Å². The maximum absolute atomic E-state index is 11.7. The van der Waals surface area contributed by atoms with Crippen LogP contribution in [0.15, 0.2) is 0 Å². The molecule has 1 heterocycles. The number of likely N-dealkylation sites (tertiary alicyclic amines) is 1. The zero-order valence-electron chi connectivity index (χ0n) is 10.3. The summed E-state index contributed by atoms with van der Waals surface area (Å²) in [6.07, 6.45) is 7.40. The van der Waals surface area contributed by atoms with Gasteiger partial charge < -0.3 is 9.64 Å². The molecule has 17 heavy (non-hydrogen) atoms. The fourth-order valence-corrected chi connectivity index (χ4v) is 1.96. The smallest absolute Gasteiger partial charge is 0.309 e. The lowest BCUT2D eigenvalue weighted by Crippen LogP contribution is -2.40. The molecule has 0 unspecified atom stereocenters. The normalized spacial score (nSPS) is 16.4. The molecule has 0 spiro atoms. The molecule has 0 bridgehead atoms. The Kier molecular flexibility index (Phi) is 5.55. The molecular formula is C13H19NO3. The van der Waals surface area contributed by atoms with Crippen molar-refractivity contribution in [2.45, 2.75) is 32.6 Å². The van der Waals surface area contributed by atoms with Gasteiger partial charge in [0.1, 0.15) is 0 Å². The second-order valence-electron chi connectivity index (χ2n) is 4.11. The van der Waals surface area contributed by atoms with E-state index in [4.69, 9.17) is 11.2 Å². The maximum atomic E-state index is 11.7. The van der Waals surface area contributed by atoms with Crippen LogP contribution in [0.5, 0.6) is 0 Å². The van der Waals surface area contributed by atoms with E-state index >= 15 is 0 Å². The molecule has 4 heteroatoms. The summed E-state index contributed by atoms with van der Waals surface area (Å²) in [4.78, 5) is 25.0. The molecule has 94 valence electrons. The summed E-state index contributed by atoms with van der Waals surface area (Å²) in [6.45, 7) is 3.48. The van der Waals surface area contributed by atoms with Crippen molar-refractivity contribution >= 4 is 11.9 Å². The van der Waals surface area contributed by atoms with Gasteiger partial charge in [-0.2, -0.15) is 0 Å². The van der Waals surface area contributed by atoms with Crippen LogP contribution in [-0.2, 0) is 14.3 Å². The average Bonchev–Trinajstić information content (AvgIpc) is 2.36. The number of hydrogen-bond donors (Lipinski definition) is 0. The van der Waals surface area contributed by atoms with Crippen molar-refractivity contribution in [3.63, 3.8) is 0 Å². The number of carbonyl (C=O) groups excluding carboxylic acids is 2. The molecule has 0 aromatic carbocycles. The number of nitrogens with zero attached hydrogens (tertiary/aromatic N) is 1. The predicted octanol–water partition coefficient (Wildman–Crippen LogP) is 1.20.